The number of ether oxygens (including phenoxy) is 1. The van der Waals surface area contributed by atoms with Gasteiger partial charge in [0.05, 0.1) is 16.8 Å². The Hall–Kier alpha value is -3.01. The molecule has 45 heavy (non-hydrogen) atoms. The number of amides is 2. The minimum Gasteiger partial charge on any atom is -0.544 e. The number of nitrogens with one attached hydrogen (secondary N) is 2. The third-order valence-corrected chi connectivity index (χ3v) is 13.5. The van der Waals surface area contributed by atoms with Crippen molar-refractivity contribution >= 4 is 43.5 Å². The van der Waals surface area contributed by atoms with E-state index in [1.54, 1.807) is 12.1 Å². The average molecular weight is 674 g/mol. The fraction of sp³-hybridized carbons (Fsp3) is 0.500. The molecule has 0 radical (unpaired) electrons. The average Bonchev–Trinajstić information content (AvgIpc) is 3.25. The van der Waals surface area contributed by atoms with Crippen molar-refractivity contribution in [3.05, 3.63) is 63.9 Å². The van der Waals surface area contributed by atoms with E-state index in [0.29, 0.717) is 27.1 Å². The Kier molecular flexibility index (Phi) is 10.4. The minimum absolute atomic E-state index is 0.0626. The predicted octanol–water partition coefficient (Wildman–Crippen LogP) is 9.10. The predicted molar refractivity (Wildman–Crippen MR) is 184 cm³/mol. The number of hydrogen-bond acceptors (Lipinski definition) is 5. The van der Waals surface area contributed by atoms with Crippen molar-refractivity contribution in [3.63, 3.8) is 0 Å². The van der Waals surface area contributed by atoms with Crippen LogP contribution in [0.1, 0.15) is 83.4 Å². The molecular weight excluding hydrogens is 627 g/mol. The fourth-order valence-electron chi connectivity index (χ4n) is 5.17. The Morgan fingerprint density at radius 1 is 0.933 bits per heavy atom. The van der Waals surface area contributed by atoms with Crippen LogP contribution in [0.25, 0.3) is 17.1 Å². The smallest absolute Gasteiger partial charge is 0.407 e. The first kappa shape index (κ1) is 34.9. The van der Waals surface area contributed by atoms with Crippen LogP contribution in [0.3, 0.4) is 0 Å². The standard InChI is InChI=1S/C34H46Cl2N4O4Si/c1-21-29(31(41)37-27-12-10-11-13-28(27)38-32(42)43-33(2,3)4)39-30(25-19-14-22(35)20-26(25)36)40(21)23-15-17-24(18-16-23)44-45(8,9)34(5,6)7/h14-20,27-28H,10-13H2,1-9H3,(H,37,41)(H,38,42)/t27-,28+/m0/s1. The van der Waals surface area contributed by atoms with E-state index in [4.69, 9.17) is 37.3 Å². The summed E-state index contributed by atoms with van der Waals surface area (Å²) in [4.78, 5) is 31.3. The topological polar surface area (TPSA) is 94.5 Å². The number of hydrogen-bond donors (Lipinski definition) is 2. The highest BCUT2D eigenvalue weighted by atomic mass is 35.5. The Bertz CT molecular complexity index is 1540. The Morgan fingerprint density at radius 2 is 1.53 bits per heavy atom. The lowest BCUT2D eigenvalue weighted by Crippen LogP contribution is -2.54. The van der Waals surface area contributed by atoms with E-state index in [2.05, 4.69) is 44.5 Å². The van der Waals surface area contributed by atoms with Crippen LogP contribution in [0.4, 0.5) is 4.79 Å². The lowest BCUT2D eigenvalue weighted by Gasteiger charge is -2.36. The van der Waals surface area contributed by atoms with Crippen LogP contribution in [0.15, 0.2) is 42.5 Å². The second-order valence-electron chi connectivity index (χ2n) is 14.3. The molecule has 244 valence electrons. The number of carbonyl (C=O) groups excluding carboxylic acids is 2. The molecule has 1 aliphatic carbocycles. The van der Waals surface area contributed by atoms with Crippen LogP contribution in [-0.4, -0.2) is 47.6 Å². The van der Waals surface area contributed by atoms with E-state index in [9.17, 15) is 9.59 Å². The summed E-state index contributed by atoms with van der Waals surface area (Å²) >= 11 is 12.9. The monoisotopic (exact) mass is 672 g/mol. The van der Waals surface area contributed by atoms with Gasteiger partial charge in [0.25, 0.3) is 5.91 Å². The summed E-state index contributed by atoms with van der Waals surface area (Å²) in [5.41, 5.74) is 1.77. The van der Waals surface area contributed by atoms with Crippen molar-refractivity contribution in [3.8, 4) is 22.8 Å². The molecule has 3 aromatic rings. The molecule has 0 aliphatic heterocycles. The molecule has 2 amide bonds. The number of halogens is 2. The largest absolute Gasteiger partial charge is 0.544 e. The molecule has 0 saturated heterocycles. The number of nitrogens with zero attached hydrogens (tertiary/aromatic N) is 2. The van der Waals surface area contributed by atoms with E-state index in [0.717, 1.165) is 37.1 Å². The van der Waals surface area contributed by atoms with Crippen molar-refractivity contribution in [2.45, 2.75) is 110 Å². The Morgan fingerprint density at radius 3 is 2.09 bits per heavy atom. The third-order valence-electron chi connectivity index (χ3n) is 8.55. The zero-order chi connectivity index (χ0) is 33.3. The number of aromatic nitrogens is 2. The van der Waals surface area contributed by atoms with Crippen molar-refractivity contribution in [2.75, 3.05) is 0 Å². The third kappa shape index (κ3) is 8.43. The molecule has 2 N–H and O–H groups in total. The Balaban J connectivity index is 1.68. The van der Waals surface area contributed by atoms with Gasteiger partial charge in [-0.05, 0) is 101 Å². The molecule has 1 heterocycles. The van der Waals surface area contributed by atoms with Gasteiger partial charge in [-0.1, -0.05) is 56.8 Å². The summed E-state index contributed by atoms with van der Waals surface area (Å²) in [6.45, 7) is 18.4. The summed E-state index contributed by atoms with van der Waals surface area (Å²) in [6, 6.07) is 12.5. The summed E-state index contributed by atoms with van der Waals surface area (Å²) in [6.07, 6.45) is 2.88. The summed E-state index contributed by atoms with van der Waals surface area (Å²) in [5.74, 6) is 0.996. The van der Waals surface area contributed by atoms with Gasteiger partial charge in [-0.15, -0.1) is 0 Å². The van der Waals surface area contributed by atoms with Crippen LogP contribution in [0.5, 0.6) is 5.75 Å². The first-order chi connectivity index (χ1) is 20.9. The van der Waals surface area contributed by atoms with Gasteiger partial charge >= 0.3 is 6.09 Å². The second-order valence-corrected chi connectivity index (χ2v) is 19.9. The number of benzene rings is 2. The summed E-state index contributed by atoms with van der Waals surface area (Å²) in [7, 11) is -2.03. The molecule has 1 aromatic heterocycles. The van der Waals surface area contributed by atoms with Crippen LogP contribution in [-0.2, 0) is 4.74 Å². The van der Waals surface area contributed by atoms with Gasteiger partial charge in [-0.25, -0.2) is 9.78 Å². The normalized spacial score (nSPS) is 17.5. The van der Waals surface area contributed by atoms with E-state index in [-0.39, 0.29) is 28.7 Å². The fourth-order valence-corrected chi connectivity index (χ4v) is 6.69. The molecular formula is C34H46Cl2N4O4Si. The molecule has 0 spiro atoms. The van der Waals surface area contributed by atoms with Gasteiger partial charge in [0.1, 0.15) is 22.9 Å². The lowest BCUT2D eigenvalue weighted by molar-refractivity contribution is 0.0474. The molecule has 1 fully saturated rings. The van der Waals surface area contributed by atoms with Crippen LogP contribution >= 0.6 is 23.2 Å². The number of carbonyl (C=O) groups is 2. The van der Waals surface area contributed by atoms with Crippen molar-refractivity contribution in [2.24, 2.45) is 0 Å². The highest BCUT2D eigenvalue weighted by Crippen LogP contribution is 2.38. The van der Waals surface area contributed by atoms with Gasteiger partial charge in [-0.3, -0.25) is 9.36 Å². The van der Waals surface area contributed by atoms with Gasteiger partial charge in [-0.2, -0.15) is 0 Å². The minimum atomic E-state index is -2.03. The first-order valence-corrected chi connectivity index (χ1v) is 19.2. The number of alkyl carbamates (subject to hydrolysis) is 1. The summed E-state index contributed by atoms with van der Waals surface area (Å²) in [5, 5.41) is 7.11. The molecule has 8 nitrogen and oxygen atoms in total. The highest BCUT2D eigenvalue weighted by molar-refractivity contribution is 6.74. The quantitative estimate of drug-likeness (QED) is 0.244. The molecule has 1 saturated carbocycles. The molecule has 2 atom stereocenters. The maximum atomic E-state index is 13.9. The molecule has 11 heteroatoms. The van der Waals surface area contributed by atoms with Gasteiger partial charge in [0, 0.05) is 22.3 Å². The number of rotatable bonds is 7. The maximum Gasteiger partial charge on any atom is 0.407 e. The molecule has 2 aromatic carbocycles. The van der Waals surface area contributed by atoms with E-state index < -0.39 is 20.0 Å². The Labute approximate surface area is 278 Å². The molecule has 0 bridgehead atoms. The van der Waals surface area contributed by atoms with Gasteiger partial charge in [0.2, 0.25) is 8.32 Å². The van der Waals surface area contributed by atoms with E-state index in [1.165, 1.54) is 0 Å². The van der Waals surface area contributed by atoms with Crippen molar-refractivity contribution in [1.29, 1.82) is 0 Å². The first-order valence-electron chi connectivity index (χ1n) is 15.5. The van der Waals surface area contributed by atoms with Crippen molar-refractivity contribution < 1.29 is 18.8 Å². The zero-order valence-electron chi connectivity index (χ0n) is 27.8. The second kappa shape index (κ2) is 13.4. The highest BCUT2D eigenvalue weighted by Gasteiger charge is 2.39. The molecule has 4 rings (SSSR count). The van der Waals surface area contributed by atoms with Crippen LogP contribution < -0.4 is 15.1 Å². The van der Waals surface area contributed by atoms with E-state index in [1.807, 2.05) is 62.6 Å². The van der Waals surface area contributed by atoms with Crippen LogP contribution in [0, 0.1) is 6.92 Å². The number of imidazole rings is 1. The molecule has 1 aliphatic rings. The van der Waals surface area contributed by atoms with Crippen LogP contribution in [0.2, 0.25) is 28.2 Å². The zero-order valence-corrected chi connectivity index (χ0v) is 30.3. The lowest BCUT2D eigenvalue weighted by atomic mass is 9.90. The molecule has 0 unspecified atom stereocenters. The van der Waals surface area contributed by atoms with Gasteiger partial charge < -0.3 is 19.8 Å². The SMILES string of the molecule is Cc1c(C(=O)N[C@H]2CCCC[C@H]2NC(=O)OC(C)(C)C)nc(-c2ccc(Cl)cc2Cl)n1-c1ccc(O[Si](C)(C)C(C)(C)C)cc1. The van der Waals surface area contributed by atoms with E-state index >= 15 is 0 Å². The maximum absolute atomic E-state index is 13.9. The summed E-state index contributed by atoms with van der Waals surface area (Å²) < 4.78 is 13.9. The van der Waals surface area contributed by atoms with Crippen molar-refractivity contribution in [1.82, 2.24) is 20.2 Å². The van der Waals surface area contributed by atoms with Gasteiger partial charge in [0.15, 0.2) is 0 Å².